The van der Waals surface area contributed by atoms with E-state index in [-0.39, 0.29) is 12.2 Å². The van der Waals surface area contributed by atoms with E-state index in [1.54, 1.807) is 0 Å². The van der Waals surface area contributed by atoms with E-state index in [4.69, 9.17) is 4.74 Å². The van der Waals surface area contributed by atoms with E-state index in [2.05, 4.69) is 5.32 Å². The number of cyclic esters (lactones) is 1. The number of esters is 1. The number of ether oxygens (including phenoxy) is 1. The number of carbonyl (C=O) groups is 1. The van der Waals surface area contributed by atoms with Crippen molar-refractivity contribution in [2.45, 2.75) is 44.1 Å². The Kier molecular flexibility index (Phi) is 5.44. The van der Waals surface area contributed by atoms with Gasteiger partial charge in [0.2, 0.25) is 0 Å². The highest BCUT2D eigenvalue weighted by atomic mass is 19.4. The average Bonchev–Trinajstić information content (AvgIpc) is 3.01. The van der Waals surface area contributed by atoms with Crippen molar-refractivity contribution in [2.75, 3.05) is 11.9 Å². The first-order chi connectivity index (χ1) is 13.8. The van der Waals surface area contributed by atoms with E-state index >= 15 is 0 Å². The maximum Gasteiger partial charge on any atom is 0.418 e. The van der Waals surface area contributed by atoms with Crippen LogP contribution in [0.2, 0.25) is 0 Å². The van der Waals surface area contributed by atoms with Gasteiger partial charge in [0.15, 0.2) is 17.2 Å². The SMILES string of the molecule is CC(C)(CC(O)(CNc1ccc2c(c1)COC2=O)C(F)(F)F)c1ccc(O)c(F)c1. The smallest absolute Gasteiger partial charge is 0.418 e. The van der Waals surface area contributed by atoms with Crippen molar-refractivity contribution in [3.8, 4) is 5.75 Å². The third-order valence-electron chi connectivity index (χ3n) is 5.26. The largest absolute Gasteiger partial charge is 0.505 e. The summed E-state index contributed by atoms with van der Waals surface area (Å²) in [5.74, 6) is -2.06. The Morgan fingerprint density at radius 3 is 2.47 bits per heavy atom. The number of phenolic OH excluding ortho intramolecular Hbond substituents is 1. The standard InChI is InChI=1S/C21H21F4NO4/c1-19(2,13-3-6-17(27)16(22)8-13)10-20(29,21(23,24)25)11-26-14-4-5-15-12(7-14)9-30-18(15)28/h3-8,26-27,29H,9-11H2,1-2H3. The fourth-order valence-electron chi connectivity index (χ4n) is 3.52. The van der Waals surface area contributed by atoms with Gasteiger partial charge in [-0.1, -0.05) is 19.9 Å². The van der Waals surface area contributed by atoms with Crippen LogP contribution < -0.4 is 5.32 Å². The first-order valence-electron chi connectivity index (χ1n) is 9.14. The lowest BCUT2D eigenvalue weighted by Gasteiger charge is -2.38. The molecule has 0 radical (unpaired) electrons. The second-order valence-corrected chi connectivity index (χ2v) is 8.06. The number of benzene rings is 2. The summed E-state index contributed by atoms with van der Waals surface area (Å²) in [6.07, 6.45) is -5.73. The van der Waals surface area contributed by atoms with E-state index in [1.807, 2.05) is 0 Å². The van der Waals surface area contributed by atoms with Gasteiger partial charge in [0, 0.05) is 11.3 Å². The number of phenols is 1. The molecule has 0 saturated heterocycles. The molecule has 2 aromatic rings. The van der Waals surface area contributed by atoms with Crippen molar-refractivity contribution < 1.29 is 37.3 Å². The molecule has 3 N–H and O–H groups in total. The molecule has 0 fully saturated rings. The second kappa shape index (κ2) is 7.46. The van der Waals surface area contributed by atoms with Gasteiger partial charge < -0.3 is 20.3 Å². The molecule has 1 unspecified atom stereocenters. The van der Waals surface area contributed by atoms with Crippen LogP contribution in [0.25, 0.3) is 0 Å². The topological polar surface area (TPSA) is 78.8 Å². The monoisotopic (exact) mass is 427 g/mol. The van der Waals surface area contributed by atoms with E-state index < -0.39 is 47.7 Å². The van der Waals surface area contributed by atoms with Crippen LogP contribution >= 0.6 is 0 Å². The zero-order chi connectivity index (χ0) is 22.3. The van der Waals surface area contributed by atoms with Crippen molar-refractivity contribution in [3.63, 3.8) is 0 Å². The van der Waals surface area contributed by atoms with Gasteiger partial charge in [-0.2, -0.15) is 13.2 Å². The minimum atomic E-state index is -4.97. The van der Waals surface area contributed by atoms with Crippen LogP contribution in [-0.4, -0.2) is 34.5 Å². The first-order valence-corrected chi connectivity index (χ1v) is 9.14. The molecule has 3 rings (SSSR count). The Labute approximate surface area is 170 Å². The van der Waals surface area contributed by atoms with Crippen molar-refractivity contribution in [2.24, 2.45) is 0 Å². The fourth-order valence-corrected chi connectivity index (χ4v) is 3.52. The lowest BCUT2D eigenvalue weighted by molar-refractivity contribution is -0.260. The van der Waals surface area contributed by atoms with Crippen LogP contribution in [0.15, 0.2) is 36.4 Å². The summed E-state index contributed by atoms with van der Waals surface area (Å²) in [5.41, 5.74) is -3.01. The second-order valence-electron chi connectivity index (χ2n) is 8.06. The van der Waals surface area contributed by atoms with Crippen LogP contribution in [0.1, 0.15) is 41.8 Å². The third-order valence-corrected chi connectivity index (χ3v) is 5.26. The number of nitrogens with one attached hydrogen (secondary N) is 1. The summed E-state index contributed by atoms with van der Waals surface area (Å²) >= 11 is 0. The molecule has 0 aromatic heterocycles. The molecule has 0 bridgehead atoms. The van der Waals surface area contributed by atoms with E-state index in [9.17, 15) is 32.6 Å². The van der Waals surface area contributed by atoms with Crippen molar-refractivity contribution in [1.82, 2.24) is 0 Å². The maximum atomic E-state index is 13.8. The summed E-state index contributed by atoms with van der Waals surface area (Å²) < 4.78 is 60.0. The molecule has 1 aliphatic heterocycles. The van der Waals surface area contributed by atoms with Crippen molar-refractivity contribution in [1.29, 1.82) is 0 Å². The molecule has 0 amide bonds. The predicted molar refractivity (Wildman–Crippen MR) is 101 cm³/mol. The Hall–Kier alpha value is -2.81. The minimum absolute atomic E-state index is 0.0344. The van der Waals surface area contributed by atoms with Gasteiger partial charge in [0.05, 0.1) is 12.1 Å². The molecular formula is C21H21F4NO4. The number of aliphatic hydroxyl groups is 1. The Morgan fingerprint density at radius 1 is 1.13 bits per heavy atom. The van der Waals surface area contributed by atoms with Crippen LogP contribution in [-0.2, 0) is 16.8 Å². The number of carbonyl (C=O) groups excluding carboxylic acids is 1. The predicted octanol–water partition coefficient (Wildman–Crippen LogP) is 4.27. The maximum absolute atomic E-state index is 13.8. The molecular weight excluding hydrogens is 406 g/mol. The number of halogens is 4. The van der Waals surface area contributed by atoms with Gasteiger partial charge in [0.25, 0.3) is 0 Å². The van der Waals surface area contributed by atoms with Gasteiger partial charge in [-0.25, -0.2) is 9.18 Å². The molecule has 30 heavy (non-hydrogen) atoms. The summed E-state index contributed by atoms with van der Waals surface area (Å²) in [4.78, 5) is 11.5. The number of hydrogen-bond donors (Lipinski definition) is 3. The molecule has 1 heterocycles. The normalized spacial score (nSPS) is 16.0. The zero-order valence-corrected chi connectivity index (χ0v) is 16.3. The first kappa shape index (κ1) is 21.9. The highest BCUT2D eigenvalue weighted by molar-refractivity contribution is 5.93. The Morgan fingerprint density at radius 2 is 1.83 bits per heavy atom. The number of aromatic hydroxyl groups is 1. The summed E-state index contributed by atoms with van der Waals surface area (Å²) in [6, 6.07) is 7.71. The molecule has 2 aromatic carbocycles. The van der Waals surface area contributed by atoms with Gasteiger partial charge >= 0.3 is 12.1 Å². The summed E-state index contributed by atoms with van der Waals surface area (Å²) in [5, 5.41) is 22.5. The zero-order valence-electron chi connectivity index (χ0n) is 16.3. The van der Waals surface area contributed by atoms with E-state index in [0.717, 1.165) is 12.1 Å². The van der Waals surface area contributed by atoms with Crippen molar-refractivity contribution >= 4 is 11.7 Å². The van der Waals surface area contributed by atoms with Gasteiger partial charge in [0.1, 0.15) is 6.61 Å². The van der Waals surface area contributed by atoms with Crippen LogP contribution in [0, 0.1) is 5.82 Å². The highest BCUT2D eigenvalue weighted by Gasteiger charge is 2.55. The molecule has 9 heteroatoms. The quantitative estimate of drug-likeness (QED) is 0.474. The number of fused-ring (bicyclic) bond motifs is 1. The van der Waals surface area contributed by atoms with Gasteiger partial charge in [-0.05, 0) is 47.7 Å². The highest BCUT2D eigenvalue weighted by Crippen LogP contribution is 2.42. The Balaban J connectivity index is 1.82. The fraction of sp³-hybridized carbons (Fsp3) is 0.381. The van der Waals surface area contributed by atoms with Gasteiger partial charge in [-0.3, -0.25) is 0 Å². The molecule has 0 aliphatic carbocycles. The molecule has 1 aliphatic rings. The van der Waals surface area contributed by atoms with E-state index in [0.29, 0.717) is 16.8 Å². The average molecular weight is 427 g/mol. The van der Waals surface area contributed by atoms with Crippen LogP contribution in [0.4, 0.5) is 23.2 Å². The molecule has 1 atom stereocenters. The molecule has 162 valence electrons. The molecule has 0 saturated carbocycles. The number of alkyl halides is 3. The van der Waals surface area contributed by atoms with E-state index in [1.165, 1.54) is 38.1 Å². The van der Waals surface area contributed by atoms with Crippen LogP contribution in [0.3, 0.4) is 0 Å². The van der Waals surface area contributed by atoms with Crippen molar-refractivity contribution in [3.05, 3.63) is 58.9 Å². The lowest BCUT2D eigenvalue weighted by atomic mass is 9.74. The number of hydrogen-bond acceptors (Lipinski definition) is 5. The number of anilines is 1. The summed E-state index contributed by atoms with van der Waals surface area (Å²) in [7, 11) is 0. The summed E-state index contributed by atoms with van der Waals surface area (Å²) in [6.45, 7) is 2.09. The minimum Gasteiger partial charge on any atom is -0.505 e. The van der Waals surface area contributed by atoms with Crippen LogP contribution in [0.5, 0.6) is 5.75 Å². The lowest BCUT2D eigenvalue weighted by Crippen LogP contribution is -2.53. The molecule has 0 spiro atoms. The number of rotatable bonds is 6. The van der Waals surface area contributed by atoms with Gasteiger partial charge in [-0.15, -0.1) is 0 Å². The molecule has 5 nitrogen and oxygen atoms in total. The Bertz CT molecular complexity index is 974. The third kappa shape index (κ3) is 4.21.